The van der Waals surface area contributed by atoms with E-state index < -0.39 is 17.5 Å². The van der Waals surface area contributed by atoms with Gasteiger partial charge in [-0.1, -0.05) is 11.3 Å². The summed E-state index contributed by atoms with van der Waals surface area (Å²) >= 11 is 1.15. The lowest BCUT2D eigenvalue weighted by molar-refractivity contribution is -0.118. The molecule has 29 heavy (non-hydrogen) atoms. The number of thiazole rings is 1. The van der Waals surface area contributed by atoms with E-state index in [9.17, 15) is 18.4 Å². The first-order valence-corrected chi connectivity index (χ1v) is 10.1. The highest BCUT2D eigenvalue weighted by atomic mass is 32.1. The van der Waals surface area contributed by atoms with E-state index >= 15 is 0 Å². The number of fused-ring (bicyclic) bond motifs is 1. The highest BCUT2D eigenvalue weighted by Gasteiger charge is 2.33. The Kier molecular flexibility index (Phi) is 5.22. The molecule has 2 N–H and O–H groups in total. The summed E-state index contributed by atoms with van der Waals surface area (Å²) in [6.45, 7) is 4.21. The monoisotopic (exact) mass is 422 g/mol. The molecule has 2 amide bonds. The van der Waals surface area contributed by atoms with Crippen molar-refractivity contribution in [2.45, 2.75) is 25.8 Å². The lowest BCUT2D eigenvalue weighted by atomic mass is 10.1. The fraction of sp³-hybridized carbons (Fsp3) is 0.421. The van der Waals surface area contributed by atoms with Crippen LogP contribution in [-0.2, 0) is 22.4 Å². The summed E-state index contributed by atoms with van der Waals surface area (Å²) in [5, 5.41) is 0.618. The molecular weight excluding hydrogens is 402 g/mol. The molecule has 0 saturated carbocycles. The van der Waals surface area contributed by atoms with Gasteiger partial charge in [-0.05, 0) is 25.0 Å². The summed E-state index contributed by atoms with van der Waals surface area (Å²) in [7, 11) is 0. The molecule has 2 aliphatic heterocycles. The largest absolute Gasteiger partial charge is 0.378 e. The van der Waals surface area contributed by atoms with Crippen LogP contribution in [0.4, 0.5) is 19.6 Å². The molecule has 1 saturated heterocycles. The average Bonchev–Trinajstić information content (AvgIpc) is 3.23. The van der Waals surface area contributed by atoms with Crippen LogP contribution in [0.1, 0.15) is 27.9 Å². The van der Waals surface area contributed by atoms with Crippen LogP contribution in [-0.4, -0.2) is 49.1 Å². The van der Waals surface area contributed by atoms with Gasteiger partial charge in [-0.15, -0.1) is 0 Å². The minimum Gasteiger partial charge on any atom is -0.378 e. The summed E-state index contributed by atoms with van der Waals surface area (Å²) < 4.78 is 32.6. The maximum atomic E-state index is 13.7. The fourth-order valence-corrected chi connectivity index (χ4v) is 4.75. The van der Waals surface area contributed by atoms with Gasteiger partial charge in [-0.2, -0.15) is 0 Å². The van der Waals surface area contributed by atoms with Gasteiger partial charge < -0.3 is 20.3 Å². The zero-order valence-corrected chi connectivity index (χ0v) is 16.6. The Bertz CT molecular complexity index is 975. The SMILES string of the molecule is C[C@H]1Cc2cc(F)c(F)cc2N1C(=O)Cc1nc(N2CCOCC2)sc1C(N)=O. The number of benzene rings is 1. The molecule has 0 aliphatic carbocycles. The van der Waals surface area contributed by atoms with Crippen molar-refractivity contribution in [1.82, 2.24) is 4.98 Å². The van der Waals surface area contributed by atoms with Gasteiger partial charge in [0.2, 0.25) is 5.91 Å². The second-order valence-corrected chi connectivity index (χ2v) is 8.10. The van der Waals surface area contributed by atoms with Crippen LogP contribution in [0.25, 0.3) is 0 Å². The number of rotatable bonds is 4. The Hall–Kier alpha value is -2.59. The highest BCUT2D eigenvalue weighted by Crippen LogP contribution is 2.35. The number of amides is 2. The van der Waals surface area contributed by atoms with Gasteiger partial charge in [0.1, 0.15) is 4.88 Å². The van der Waals surface area contributed by atoms with Gasteiger partial charge in [0, 0.05) is 25.2 Å². The molecular formula is C19H20F2N4O3S. The molecule has 1 fully saturated rings. The first kappa shape index (κ1) is 19.7. The summed E-state index contributed by atoms with van der Waals surface area (Å²) in [5.74, 6) is -2.93. The molecule has 0 bridgehead atoms. The first-order chi connectivity index (χ1) is 13.8. The molecule has 7 nitrogen and oxygen atoms in total. The van der Waals surface area contributed by atoms with Gasteiger partial charge in [-0.25, -0.2) is 13.8 Å². The van der Waals surface area contributed by atoms with Crippen LogP contribution in [0.2, 0.25) is 0 Å². The van der Waals surface area contributed by atoms with Crippen molar-refractivity contribution in [2.75, 3.05) is 36.1 Å². The Morgan fingerprint density at radius 3 is 2.66 bits per heavy atom. The molecule has 1 atom stereocenters. The van der Waals surface area contributed by atoms with Crippen LogP contribution in [0.3, 0.4) is 0 Å². The quantitative estimate of drug-likeness (QED) is 0.813. The molecule has 2 aliphatic rings. The van der Waals surface area contributed by atoms with Crippen molar-refractivity contribution in [1.29, 1.82) is 0 Å². The molecule has 0 radical (unpaired) electrons. The summed E-state index contributed by atoms with van der Waals surface area (Å²) in [6, 6.07) is 1.91. The van der Waals surface area contributed by atoms with E-state index in [1.807, 2.05) is 11.8 Å². The Balaban J connectivity index is 1.61. The lowest BCUT2D eigenvalue weighted by Crippen LogP contribution is -2.37. The smallest absolute Gasteiger partial charge is 0.260 e. The Morgan fingerprint density at radius 2 is 1.97 bits per heavy atom. The summed E-state index contributed by atoms with van der Waals surface area (Å²) in [6.07, 6.45) is 0.277. The van der Waals surface area contributed by atoms with Crippen molar-refractivity contribution >= 4 is 34.0 Å². The van der Waals surface area contributed by atoms with Crippen LogP contribution < -0.4 is 15.5 Å². The third-order valence-electron chi connectivity index (χ3n) is 5.12. The normalized spacial score (nSPS) is 18.8. The molecule has 154 valence electrons. The van der Waals surface area contributed by atoms with Crippen LogP contribution in [0.5, 0.6) is 0 Å². The highest BCUT2D eigenvalue weighted by molar-refractivity contribution is 7.17. The maximum Gasteiger partial charge on any atom is 0.260 e. The summed E-state index contributed by atoms with van der Waals surface area (Å²) in [4.78, 5) is 33.1. The molecule has 4 rings (SSSR count). The number of hydrogen-bond donors (Lipinski definition) is 1. The second kappa shape index (κ2) is 7.68. The number of ether oxygens (including phenoxy) is 1. The number of primary amides is 1. The molecule has 10 heteroatoms. The van der Waals surface area contributed by atoms with Gasteiger partial charge >= 0.3 is 0 Å². The van der Waals surface area contributed by atoms with E-state index in [4.69, 9.17) is 10.5 Å². The number of nitrogens with zero attached hydrogens (tertiary/aromatic N) is 3. The molecule has 3 heterocycles. The second-order valence-electron chi connectivity index (χ2n) is 7.12. The van der Waals surface area contributed by atoms with Crippen molar-refractivity contribution in [3.05, 3.63) is 39.9 Å². The van der Waals surface area contributed by atoms with Crippen LogP contribution in [0, 0.1) is 11.6 Å². The molecule has 1 aromatic heterocycles. The predicted molar refractivity (Wildman–Crippen MR) is 104 cm³/mol. The Labute approximate surface area is 170 Å². The third-order valence-corrected chi connectivity index (χ3v) is 6.29. The van der Waals surface area contributed by atoms with Gasteiger partial charge in [-0.3, -0.25) is 9.59 Å². The average molecular weight is 422 g/mol. The van der Waals surface area contributed by atoms with Crippen molar-refractivity contribution in [3.63, 3.8) is 0 Å². The lowest BCUT2D eigenvalue weighted by Gasteiger charge is -2.26. The third kappa shape index (κ3) is 3.69. The molecule has 0 unspecified atom stereocenters. The number of halogens is 2. The zero-order chi connectivity index (χ0) is 20.7. The minimum absolute atomic E-state index is 0.151. The van der Waals surface area contributed by atoms with Gasteiger partial charge in [0.15, 0.2) is 16.8 Å². The molecule has 1 aromatic carbocycles. The number of nitrogens with two attached hydrogens (primary N) is 1. The Morgan fingerprint density at radius 1 is 1.28 bits per heavy atom. The fourth-order valence-electron chi connectivity index (χ4n) is 3.76. The van der Waals surface area contributed by atoms with E-state index in [0.717, 1.165) is 23.5 Å². The standard InChI is InChI=1S/C19H20F2N4O3S/c1-10-6-11-7-12(20)13(21)8-15(11)25(10)16(26)9-14-17(18(22)27)29-19(23-14)24-2-4-28-5-3-24/h7-8,10H,2-6,9H2,1H3,(H2,22,27)/t10-/m0/s1. The molecule has 2 aromatic rings. The van der Waals surface area contributed by atoms with Crippen molar-refractivity contribution in [2.24, 2.45) is 5.73 Å². The number of carbonyl (C=O) groups excluding carboxylic acids is 2. The number of morpholine rings is 1. The maximum absolute atomic E-state index is 13.7. The van der Waals surface area contributed by atoms with Gasteiger partial charge in [0.25, 0.3) is 5.91 Å². The van der Waals surface area contributed by atoms with E-state index in [2.05, 4.69) is 4.98 Å². The number of aromatic nitrogens is 1. The number of hydrogen-bond acceptors (Lipinski definition) is 6. The van der Waals surface area contributed by atoms with E-state index in [1.165, 1.54) is 4.90 Å². The van der Waals surface area contributed by atoms with Crippen LogP contribution in [0.15, 0.2) is 12.1 Å². The van der Waals surface area contributed by atoms with Crippen molar-refractivity contribution in [3.8, 4) is 0 Å². The first-order valence-electron chi connectivity index (χ1n) is 9.27. The van der Waals surface area contributed by atoms with Gasteiger partial charge in [0.05, 0.1) is 31.0 Å². The van der Waals surface area contributed by atoms with Crippen LogP contribution >= 0.6 is 11.3 Å². The predicted octanol–water partition coefficient (Wildman–Crippen LogP) is 1.88. The topological polar surface area (TPSA) is 88.8 Å². The molecule has 0 spiro atoms. The van der Waals surface area contributed by atoms with Crippen molar-refractivity contribution < 1.29 is 23.1 Å². The van der Waals surface area contributed by atoms with E-state index in [0.29, 0.717) is 54.8 Å². The number of anilines is 2. The minimum atomic E-state index is -1.00. The zero-order valence-electron chi connectivity index (χ0n) is 15.8. The van der Waals surface area contributed by atoms with E-state index in [-0.39, 0.29) is 23.2 Å². The summed E-state index contributed by atoms with van der Waals surface area (Å²) in [5.41, 5.74) is 6.73. The van der Waals surface area contributed by atoms with E-state index in [1.54, 1.807) is 0 Å². The number of carbonyl (C=O) groups is 2.